The molecule has 2 aromatic heterocycles. The molecular formula is C13H20ClN5. The van der Waals surface area contributed by atoms with Gasteiger partial charge in [-0.15, -0.1) is 0 Å². The summed E-state index contributed by atoms with van der Waals surface area (Å²) in [6.45, 7) is 5.61. The quantitative estimate of drug-likeness (QED) is 0.911. The second-order valence-corrected chi connectivity index (χ2v) is 5.04. The van der Waals surface area contributed by atoms with Gasteiger partial charge in [0.15, 0.2) is 0 Å². The Kier molecular flexibility index (Phi) is 4.27. The van der Waals surface area contributed by atoms with Crippen molar-refractivity contribution in [3.63, 3.8) is 0 Å². The third-order valence-electron chi connectivity index (χ3n) is 3.45. The molecule has 0 atom stereocenters. The SMILES string of the molecule is CCc1nn(C)c(CNCc2cnn(C)c2C)c1Cl. The van der Waals surface area contributed by atoms with Crippen molar-refractivity contribution in [3.05, 3.63) is 33.9 Å². The molecular weight excluding hydrogens is 262 g/mol. The Bertz CT molecular complexity index is 570. The van der Waals surface area contributed by atoms with Gasteiger partial charge in [-0.05, 0) is 13.3 Å². The number of nitrogens with zero attached hydrogens (tertiary/aromatic N) is 4. The van der Waals surface area contributed by atoms with Gasteiger partial charge in [-0.25, -0.2) is 0 Å². The Hall–Kier alpha value is -1.33. The van der Waals surface area contributed by atoms with Crippen LogP contribution < -0.4 is 5.32 Å². The van der Waals surface area contributed by atoms with E-state index in [9.17, 15) is 0 Å². The zero-order valence-corrected chi connectivity index (χ0v) is 12.6. The maximum Gasteiger partial charge on any atom is 0.0863 e. The van der Waals surface area contributed by atoms with Gasteiger partial charge in [-0.3, -0.25) is 9.36 Å². The minimum atomic E-state index is 0.705. The molecule has 0 aliphatic rings. The van der Waals surface area contributed by atoms with E-state index in [-0.39, 0.29) is 0 Å². The van der Waals surface area contributed by atoms with Crippen LogP contribution in [-0.2, 0) is 33.6 Å². The molecule has 0 aromatic carbocycles. The smallest absolute Gasteiger partial charge is 0.0863 e. The van der Waals surface area contributed by atoms with E-state index in [0.717, 1.165) is 29.4 Å². The molecule has 0 amide bonds. The van der Waals surface area contributed by atoms with Gasteiger partial charge in [0.25, 0.3) is 0 Å². The number of halogens is 1. The third-order valence-corrected chi connectivity index (χ3v) is 3.88. The molecule has 1 N–H and O–H groups in total. The average molecular weight is 282 g/mol. The number of hydrogen-bond donors (Lipinski definition) is 1. The van der Waals surface area contributed by atoms with Crippen LogP contribution in [0.25, 0.3) is 0 Å². The highest BCUT2D eigenvalue weighted by atomic mass is 35.5. The van der Waals surface area contributed by atoms with Gasteiger partial charge in [0.05, 0.1) is 22.6 Å². The molecule has 0 unspecified atom stereocenters. The summed E-state index contributed by atoms with van der Waals surface area (Å²) >= 11 is 6.31. The maximum absolute atomic E-state index is 6.31. The summed E-state index contributed by atoms with van der Waals surface area (Å²) in [6.07, 6.45) is 2.75. The standard InChI is InChI=1S/C13H20ClN5/c1-5-11-13(14)12(19(4)17-11)8-15-6-10-7-16-18(3)9(10)2/h7,15H,5-6,8H2,1-4H3. The molecule has 104 valence electrons. The molecule has 5 nitrogen and oxygen atoms in total. The molecule has 2 aromatic rings. The molecule has 6 heteroatoms. The zero-order chi connectivity index (χ0) is 14.0. The van der Waals surface area contributed by atoms with Crippen LogP contribution >= 0.6 is 11.6 Å². The number of rotatable bonds is 5. The molecule has 19 heavy (non-hydrogen) atoms. The van der Waals surface area contributed by atoms with Crippen molar-refractivity contribution in [1.29, 1.82) is 0 Å². The molecule has 2 heterocycles. The lowest BCUT2D eigenvalue weighted by atomic mass is 10.2. The van der Waals surface area contributed by atoms with Gasteiger partial charge in [-0.1, -0.05) is 18.5 Å². The van der Waals surface area contributed by atoms with Crippen LogP contribution in [0.5, 0.6) is 0 Å². The molecule has 0 radical (unpaired) electrons. The molecule has 0 aliphatic heterocycles. The van der Waals surface area contributed by atoms with E-state index in [2.05, 4.69) is 29.4 Å². The van der Waals surface area contributed by atoms with Gasteiger partial charge in [-0.2, -0.15) is 10.2 Å². The van der Waals surface area contributed by atoms with Crippen molar-refractivity contribution in [2.24, 2.45) is 14.1 Å². The van der Waals surface area contributed by atoms with Gasteiger partial charge in [0.1, 0.15) is 0 Å². The van der Waals surface area contributed by atoms with Crippen molar-refractivity contribution in [2.75, 3.05) is 0 Å². The minimum Gasteiger partial charge on any atom is -0.307 e. The van der Waals surface area contributed by atoms with Gasteiger partial charge >= 0.3 is 0 Å². The Morgan fingerprint density at radius 3 is 2.53 bits per heavy atom. The van der Waals surface area contributed by atoms with Crippen molar-refractivity contribution in [1.82, 2.24) is 24.9 Å². The summed E-state index contributed by atoms with van der Waals surface area (Å²) in [5, 5.41) is 12.8. The van der Waals surface area contributed by atoms with E-state index in [1.165, 1.54) is 11.3 Å². The van der Waals surface area contributed by atoms with Crippen LogP contribution in [0, 0.1) is 6.92 Å². The fourth-order valence-corrected chi connectivity index (χ4v) is 2.41. The average Bonchev–Trinajstić information content (AvgIpc) is 2.85. The second kappa shape index (κ2) is 5.75. The summed E-state index contributed by atoms with van der Waals surface area (Å²) < 4.78 is 3.73. The summed E-state index contributed by atoms with van der Waals surface area (Å²) in [6, 6.07) is 0. The molecule has 0 saturated heterocycles. The lowest BCUT2D eigenvalue weighted by Gasteiger charge is -2.05. The Morgan fingerprint density at radius 1 is 1.26 bits per heavy atom. The van der Waals surface area contributed by atoms with E-state index in [0.29, 0.717) is 6.54 Å². The minimum absolute atomic E-state index is 0.705. The highest BCUT2D eigenvalue weighted by Crippen LogP contribution is 2.20. The fourth-order valence-electron chi connectivity index (χ4n) is 2.05. The Labute approximate surface area is 118 Å². The third kappa shape index (κ3) is 2.82. The summed E-state index contributed by atoms with van der Waals surface area (Å²) in [4.78, 5) is 0. The summed E-state index contributed by atoms with van der Waals surface area (Å²) in [5.41, 5.74) is 4.37. The fraction of sp³-hybridized carbons (Fsp3) is 0.538. The molecule has 0 bridgehead atoms. The molecule has 0 saturated carbocycles. The van der Waals surface area contributed by atoms with Crippen LogP contribution in [0.15, 0.2) is 6.20 Å². The number of hydrogen-bond acceptors (Lipinski definition) is 3. The molecule has 0 spiro atoms. The first-order valence-corrected chi connectivity index (χ1v) is 6.80. The van der Waals surface area contributed by atoms with Crippen LogP contribution in [0.1, 0.15) is 29.6 Å². The molecule has 0 aliphatic carbocycles. The predicted molar refractivity (Wildman–Crippen MR) is 76.1 cm³/mol. The van der Waals surface area contributed by atoms with E-state index >= 15 is 0 Å². The van der Waals surface area contributed by atoms with Crippen molar-refractivity contribution in [3.8, 4) is 0 Å². The van der Waals surface area contributed by atoms with E-state index in [1.54, 1.807) is 0 Å². The maximum atomic E-state index is 6.31. The topological polar surface area (TPSA) is 47.7 Å². The van der Waals surface area contributed by atoms with Crippen LogP contribution in [0.4, 0.5) is 0 Å². The predicted octanol–water partition coefficient (Wildman–Crippen LogP) is 1.97. The lowest BCUT2D eigenvalue weighted by Crippen LogP contribution is -2.16. The normalized spacial score (nSPS) is 11.2. The van der Waals surface area contributed by atoms with Gasteiger partial charge in [0, 0.05) is 38.4 Å². The largest absolute Gasteiger partial charge is 0.307 e. The highest BCUT2D eigenvalue weighted by Gasteiger charge is 2.12. The first-order valence-electron chi connectivity index (χ1n) is 6.43. The Morgan fingerprint density at radius 2 is 2.00 bits per heavy atom. The summed E-state index contributed by atoms with van der Waals surface area (Å²) in [5.74, 6) is 0. The van der Waals surface area contributed by atoms with Gasteiger partial charge in [0.2, 0.25) is 0 Å². The highest BCUT2D eigenvalue weighted by molar-refractivity contribution is 6.31. The number of aryl methyl sites for hydroxylation is 3. The second-order valence-electron chi connectivity index (χ2n) is 4.67. The van der Waals surface area contributed by atoms with E-state index < -0.39 is 0 Å². The van der Waals surface area contributed by atoms with E-state index in [1.807, 2.05) is 29.7 Å². The first-order chi connectivity index (χ1) is 9.04. The van der Waals surface area contributed by atoms with E-state index in [4.69, 9.17) is 11.6 Å². The van der Waals surface area contributed by atoms with Crippen molar-refractivity contribution < 1.29 is 0 Å². The molecule has 0 fully saturated rings. The first kappa shape index (κ1) is 14.1. The summed E-state index contributed by atoms with van der Waals surface area (Å²) in [7, 11) is 3.88. The van der Waals surface area contributed by atoms with Crippen LogP contribution in [-0.4, -0.2) is 19.6 Å². The van der Waals surface area contributed by atoms with Crippen molar-refractivity contribution in [2.45, 2.75) is 33.4 Å². The lowest BCUT2D eigenvalue weighted by molar-refractivity contribution is 0.621. The monoisotopic (exact) mass is 281 g/mol. The Balaban J connectivity index is 2.00. The van der Waals surface area contributed by atoms with Crippen molar-refractivity contribution >= 4 is 11.6 Å². The number of aromatic nitrogens is 4. The molecule has 2 rings (SSSR count). The zero-order valence-electron chi connectivity index (χ0n) is 11.9. The number of nitrogens with one attached hydrogen (secondary N) is 1. The van der Waals surface area contributed by atoms with Gasteiger partial charge < -0.3 is 5.32 Å². The van der Waals surface area contributed by atoms with Crippen LogP contribution in [0.2, 0.25) is 5.02 Å². The van der Waals surface area contributed by atoms with Crippen LogP contribution in [0.3, 0.4) is 0 Å².